The molecule has 1 unspecified atom stereocenters. The predicted molar refractivity (Wildman–Crippen MR) is 110 cm³/mol. The standard InChI is InChI=1S/C16H24F3N5OS.HI/c1-2-20-15(21-9-14-22-13(11-26-14)16(17,18)19)24-4-3-12(10-24)23-5-7-25-8-6-23;/h11-12H,2-10H2,1H3,(H,20,21);1H. The van der Waals surface area contributed by atoms with E-state index in [1.807, 2.05) is 6.92 Å². The Balaban J connectivity index is 0.00000261. The summed E-state index contributed by atoms with van der Waals surface area (Å²) in [5.74, 6) is 0.743. The lowest BCUT2D eigenvalue weighted by molar-refractivity contribution is -0.140. The molecule has 0 spiro atoms. The lowest BCUT2D eigenvalue weighted by Gasteiger charge is -2.32. The highest BCUT2D eigenvalue weighted by Crippen LogP contribution is 2.30. The fraction of sp³-hybridized carbons (Fsp3) is 0.750. The van der Waals surface area contributed by atoms with Gasteiger partial charge in [-0.25, -0.2) is 9.98 Å². The van der Waals surface area contributed by atoms with Gasteiger partial charge < -0.3 is 15.0 Å². The molecule has 0 amide bonds. The third kappa shape index (κ3) is 6.16. The molecule has 3 rings (SSSR count). The molecule has 1 N–H and O–H groups in total. The summed E-state index contributed by atoms with van der Waals surface area (Å²) in [5.41, 5.74) is -0.841. The van der Waals surface area contributed by atoms with Crippen LogP contribution in [0, 0.1) is 0 Å². The molecule has 0 saturated carbocycles. The Hall–Kier alpha value is -0.660. The molecule has 2 saturated heterocycles. The first-order chi connectivity index (χ1) is 12.5. The molecule has 0 bridgehead atoms. The number of hydrogen-bond donors (Lipinski definition) is 1. The second kappa shape index (κ2) is 10.2. The number of nitrogens with zero attached hydrogens (tertiary/aromatic N) is 4. The van der Waals surface area contributed by atoms with Crippen LogP contribution in [0.1, 0.15) is 24.0 Å². The molecule has 1 atom stereocenters. The van der Waals surface area contributed by atoms with E-state index in [2.05, 4.69) is 25.1 Å². The van der Waals surface area contributed by atoms with E-state index >= 15 is 0 Å². The Morgan fingerprint density at radius 2 is 2.11 bits per heavy atom. The maximum Gasteiger partial charge on any atom is 0.434 e. The molecule has 27 heavy (non-hydrogen) atoms. The van der Waals surface area contributed by atoms with Gasteiger partial charge in [0.15, 0.2) is 11.7 Å². The van der Waals surface area contributed by atoms with Crippen molar-refractivity contribution in [2.75, 3.05) is 45.9 Å². The van der Waals surface area contributed by atoms with Crippen molar-refractivity contribution in [3.05, 3.63) is 16.1 Å². The molecule has 0 aromatic carbocycles. The van der Waals surface area contributed by atoms with E-state index in [1.54, 1.807) is 0 Å². The van der Waals surface area contributed by atoms with Gasteiger partial charge in [0.25, 0.3) is 0 Å². The van der Waals surface area contributed by atoms with Gasteiger partial charge in [-0.15, -0.1) is 35.3 Å². The average molecular weight is 519 g/mol. The molecule has 11 heteroatoms. The number of halogens is 4. The van der Waals surface area contributed by atoms with Crippen LogP contribution in [-0.4, -0.2) is 72.7 Å². The van der Waals surface area contributed by atoms with Gasteiger partial charge in [0.2, 0.25) is 0 Å². The van der Waals surface area contributed by atoms with Gasteiger partial charge in [-0.1, -0.05) is 0 Å². The summed E-state index contributed by atoms with van der Waals surface area (Å²) >= 11 is 0.996. The van der Waals surface area contributed by atoms with Crippen molar-refractivity contribution in [2.24, 2.45) is 4.99 Å². The molecule has 0 aliphatic carbocycles. The van der Waals surface area contributed by atoms with Crippen LogP contribution in [0.4, 0.5) is 13.2 Å². The molecule has 2 aliphatic heterocycles. The molecule has 154 valence electrons. The summed E-state index contributed by atoms with van der Waals surface area (Å²) in [5, 5.41) is 4.66. The highest BCUT2D eigenvalue weighted by molar-refractivity contribution is 14.0. The van der Waals surface area contributed by atoms with Crippen LogP contribution in [0.15, 0.2) is 10.4 Å². The molecular weight excluding hydrogens is 494 g/mol. The first-order valence-electron chi connectivity index (χ1n) is 8.84. The van der Waals surface area contributed by atoms with Gasteiger partial charge in [-0.2, -0.15) is 13.2 Å². The zero-order valence-corrected chi connectivity index (χ0v) is 18.3. The Morgan fingerprint density at radius 1 is 1.37 bits per heavy atom. The number of hydrogen-bond acceptors (Lipinski definition) is 5. The molecule has 2 aliphatic rings. The number of thiazole rings is 1. The summed E-state index contributed by atoms with van der Waals surface area (Å²) in [4.78, 5) is 12.8. The SMILES string of the molecule is CCNC(=NCc1nc(C(F)(F)F)cs1)N1CCC(N2CCOCC2)C1.I. The minimum Gasteiger partial charge on any atom is -0.379 e. The van der Waals surface area contributed by atoms with Crippen LogP contribution in [0.5, 0.6) is 0 Å². The number of guanidine groups is 1. The van der Waals surface area contributed by atoms with Crippen LogP contribution in [0.25, 0.3) is 0 Å². The lowest BCUT2D eigenvalue weighted by atomic mass is 10.2. The van der Waals surface area contributed by atoms with Gasteiger partial charge in [0.1, 0.15) is 5.01 Å². The third-order valence-corrected chi connectivity index (χ3v) is 5.40. The van der Waals surface area contributed by atoms with Crippen molar-refractivity contribution in [2.45, 2.75) is 32.1 Å². The van der Waals surface area contributed by atoms with Crippen molar-refractivity contribution in [3.8, 4) is 0 Å². The highest BCUT2D eigenvalue weighted by Gasteiger charge is 2.34. The Labute approximate surface area is 178 Å². The molecule has 1 aromatic rings. The van der Waals surface area contributed by atoms with Gasteiger partial charge in [-0.3, -0.25) is 4.90 Å². The summed E-state index contributed by atoms with van der Waals surface area (Å²) in [7, 11) is 0. The topological polar surface area (TPSA) is 53.0 Å². The Kier molecular flexibility index (Phi) is 8.56. The minimum atomic E-state index is -4.40. The zero-order valence-electron chi connectivity index (χ0n) is 15.2. The van der Waals surface area contributed by atoms with E-state index in [0.717, 1.165) is 68.5 Å². The monoisotopic (exact) mass is 519 g/mol. The van der Waals surface area contributed by atoms with E-state index in [1.165, 1.54) is 0 Å². The summed E-state index contributed by atoms with van der Waals surface area (Å²) < 4.78 is 43.4. The summed E-state index contributed by atoms with van der Waals surface area (Å²) in [6, 6.07) is 0.472. The fourth-order valence-electron chi connectivity index (χ4n) is 3.26. The second-order valence-corrected chi connectivity index (χ2v) is 7.27. The second-order valence-electron chi connectivity index (χ2n) is 6.33. The quantitative estimate of drug-likeness (QED) is 0.377. The summed E-state index contributed by atoms with van der Waals surface area (Å²) in [6.45, 7) is 8.06. The van der Waals surface area contributed by atoms with Crippen LogP contribution < -0.4 is 5.32 Å². The van der Waals surface area contributed by atoms with E-state index in [9.17, 15) is 13.2 Å². The molecule has 6 nitrogen and oxygen atoms in total. The molecule has 3 heterocycles. The highest BCUT2D eigenvalue weighted by atomic mass is 127. The molecule has 1 aromatic heterocycles. The van der Waals surface area contributed by atoms with Crippen LogP contribution in [0.2, 0.25) is 0 Å². The van der Waals surface area contributed by atoms with Crippen molar-refractivity contribution in [3.63, 3.8) is 0 Å². The predicted octanol–water partition coefficient (Wildman–Crippen LogP) is 2.65. The average Bonchev–Trinajstić information content (AvgIpc) is 3.29. The summed E-state index contributed by atoms with van der Waals surface area (Å²) in [6.07, 6.45) is -3.34. The minimum absolute atomic E-state index is 0. The van der Waals surface area contributed by atoms with Crippen LogP contribution >= 0.6 is 35.3 Å². The molecule has 0 radical (unpaired) electrons. The van der Waals surface area contributed by atoms with Crippen LogP contribution in [-0.2, 0) is 17.5 Å². The van der Waals surface area contributed by atoms with Gasteiger partial charge in [-0.05, 0) is 13.3 Å². The Morgan fingerprint density at radius 3 is 2.74 bits per heavy atom. The van der Waals surface area contributed by atoms with E-state index < -0.39 is 11.9 Å². The fourth-order valence-corrected chi connectivity index (χ4v) is 3.98. The third-order valence-electron chi connectivity index (χ3n) is 4.57. The number of ether oxygens (including phenoxy) is 1. The number of aromatic nitrogens is 1. The number of aliphatic imine (C=N–C) groups is 1. The normalized spacial score (nSPS) is 22.0. The number of alkyl halides is 3. The number of likely N-dealkylation sites (tertiary alicyclic amines) is 1. The van der Waals surface area contributed by atoms with E-state index in [0.29, 0.717) is 17.6 Å². The number of morpholine rings is 1. The lowest BCUT2D eigenvalue weighted by Crippen LogP contribution is -2.46. The maximum absolute atomic E-state index is 12.7. The van der Waals surface area contributed by atoms with Crippen molar-refractivity contribution >= 4 is 41.3 Å². The Bertz CT molecular complexity index is 621. The van der Waals surface area contributed by atoms with Crippen molar-refractivity contribution in [1.29, 1.82) is 0 Å². The molecular formula is C16H25F3IN5OS. The largest absolute Gasteiger partial charge is 0.434 e. The van der Waals surface area contributed by atoms with Gasteiger partial charge in [0.05, 0.1) is 19.8 Å². The smallest absolute Gasteiger partial charge is 0.379 e. The molecule has 2 fully saturated rings. The van der Waals surface area contributed by atoms with Crippen molar-refractivity contribution in [1.82, 2.24) is 20.1 Å². The first-order valence-corrected chi connectivity index (χ1v) is 9.72. The van der Waals surface area contributed by atoms with Crippen molar-refractivity contribution < 1.29 is 17.9 Å². The van der Waals surface area contributed by atoms with Crippen LogP contribution in [0.3, 0.4) is 0 Å². The first kappa shape index (κ1) is 22.6. The van der Waals surface area contributed by atoms with E-state index in [4.69, 9.17) is 4.74 Å². The zero-order chi connectivity index (χ0) is 18.6. The number of rotatable bonds is 4. The van der Waals surface area contributed by atoms with Gasteiger partial charge in [0, 0.05) is 44.1 Å². The maximum atomic E-state index is 12.7. The van der Waals surface area contributed by atoms with E-state index in [-0.39, 0.29) is 30.5 Å². The van der Waals surface area contributed by atoms with Gasteiger partial charge >= 0.3 is 6.18 Å². The number of nitrogens with one attached hydrogen (secondary N) is 1.